The van der Waals surface area contributed by atoms with Crippen molar-refractivity contribution in [1.82, 2.24) is 15.3 Å². The lowest BCUT2D eigenvalue weighted by molar-refractivity contribution is 0.275. The molecule has 0 saturated carbocycles. The number of halogens is 2. The summed E-state index contributed by atoms with van der Waals surface area (Å²) < 4.78 is 11.4. The van der Waals surface area contributed by atoms with E-state index in [9.17, 15) is 0 Å². The highest BCUT2D eigenvalue weighted by Crippen LogP contribution is 2.31. The summed E-state index contributed by atoms with van der Waals surface area (Å²) in [5.74, 6) is 1.57. The Bertz CT molecular complexity index is 631. The summed E-state index contributed by atoms with van der Waals surface area (Å²) in [6, 6.07) is 5.46. The molecule has 1 fully saturated rings. The molecule has 22 heavy (non-hydrogen) atoms. The Morgan fingerprint density at radius 2 is 2.05 bits per heavy atom. The van der Waals surface area contributed by atoms with Crippen LogP contribution in [0.5, 0.6) is 17.2 Å². The lowest BCUT2D eigenvalue weighted by Crippen LogP contribution is -2.28. The topological polar surface area (TPSA) is 56.3 Å². The van der Waals surface area contributed by atoms with Gasteiger partial charge in [0.25, 0.3) is 0 Å². The minimum atomic E-state index is 0.265. The SMILES string of the molecule is Clc1ccc(Oc2cc(OC[C@@H]3CCCN3)cnc2Cl)cn1. The highest BCUT2D eigenvalue weighted by Gasteiger charge is 2.15. The van der Waals surface area contributed by atoms with Gasteiger partial charge in [-0.2, -0.15) is 0 Å². The van der Waals surface area contributed by atoms with Crippen molar-refractivity contribution < 1.29 is 9.47 Å². The molecule has 1 aliphatic heterocycles. The van der Waals surface area contributed by atoms with Crippen LogP contribution in [0.3, 0.4) is 0 Å². The van der Waals surface area contributed by atoms with Gasteiger partial charge < -0.3 is 14.8 Å². The normalized spacial score (nSPS) is 17.5. The van der Waals surface area contributed by atoms with Gasteiger partial charge >= 0.3 is 0 Å². The van der Waals surface area contributed by atoms with Crippen LogP contribution < -0.4 is 14.8 Å². The van der Waals surface area contributed by atoms with E-state index >= 15 is 0 Å². The maximum atomic E-state index is 6.05. The average Bonchev–Trinajstić information content (AvgIpc) is 3.04. The van der Waals surface area contributed by atoms with Gasteiger partial charge in [-0.1, -0.05) is 23.2 Å². The van der Waals surface area contributed by atoms with Gasteiger partial charge in [-0.25, -0.2) is 9.97 Å². The molecule has 3 heterocycles. The van der Waals surface area contributed by atoms with E-state index in [1.807, 2.05) is 0 Å². The van der Waals surface area contributed by atoms with E-state index in [1.54, 1.807) is 24.4 Å². The number of nitrogens with zero attached hydrogens (tertiary/aromatic N) is 2. The highest BCUT2D eigenvalue weighted by atomic mass is 35.5. The molecule has 0 radical (unpaired) electrons. The molecule has 0 aromatic carbocycles. The second-order valence-corrected chi connectivity index (χ2v) is 5.73. The summed E-state index contributed by atoms with van der Waals surface area (Å²) in [6.45, 7) is 1.65. The number of pyridine rings is 2. The van der Waals surface area contributed by atoms with Crippen LogP contribution in [0.2, 0.25) is 10.3 Å². The first-order valence-corrected chi connectivity index (χ1v) is 7.77. The Balaban J connectivity index is 1.67. The summed E-state index contributed by atoms with van der Waals surface area (Å²) in [4.78, 5) is 8.04. The van der Waals surface area contributed by atoms with E-state index in [0.29, 0.717) is 35.1 Å². The van der Waals surface area contributed by atoms with Gasteiger partial charge in [0.1, 0.15) is 23.3 Å². The molecular weight excluding hydrogens is 325 g/mol. The molecule has 2 aromatic heterocycles. The predicted molar refractivity (Wildman–Crippen MR) is 85.1 cm³/mol. The third-order valence-corrected chi connectivity index (χ3v) is 3.83. The van der Waals surface area contributed by atoms with Crippen molar-refractivity contribution in [3.05, 3.63) is 40.9 Å². The summed E-state index contributed by atoms with van der Waals surface area (Å²) in [5, 5.41) is 4.04. The molecule has 0 bridgehead atoms. The highest BCUT2D eigenvalue weighted by molar-refractivity contribution is 6.30. The largest absolute Gasteiger partial charge is 0.490 e. The molecular formula is C15H15Cl2N3O2. The van der Waals surface area contributed by atoms with Crippen LogP contribution >= 0.6 is 23.2 Å². The monoisotopic (exact) mass is 339 g/mol. The van der Waals surface area contributed by atoms with E-state index in [-0.39, 0.29) is 5.15 Å². The van der Waals surface area contributed by atoms with Gasteiger partial charge in [-0.3, -0.25) is 0 Å². The molecule has 2 aromatic rings. The zero-order chi connectivity index (χ0) is 15.4. The molecule has 0 amide bonds. The van der Waals surface area contributed by atoms with Crippen molar-refractivity contribution in [2.24, 2.45) is 0 Å². The molecule has 1 atom stereocenters. The van der Waals surface area contributed by atoms with Gasteiger partial charge in [-0.05, 0) is 31.5 Å². The van der Waals surface area contributed by atoms with E-state index in [0.717, 1.165) is 13.0 Å². The number of hydrogen-bond donors (Lipinski definition) is 1. The fraction of sp³-hybridized carbons (Fsp3) is 0.333. The van der Waals surface area contributed by atoms with Crippen molar-refractivity contribution in [2.75, 3.05) is 13.2 Å². The first-order valence-electron chi connectivity index (χ1n) is 7.02. The third-order valence-electron chi connectivity index (χ3n) is 3.32. The molecule has 5 nitrogen and oxygen atoms in total. The van der Waals surface area contributed by atoms with Crippen molar-refractivity contribution in [1.29, 1.82) is 0 Å². The van der Waals surface area contributed by atoms with Gasteiger partial charge in [-0.15, -0.1) is 0 Å². The van der Waals surface area contributed by atoms with E-state index in [4.69, 9.17) is 32.7 Å². The predicted octanol–water partition coefficient (Wildman–Crippen LogP) is 3.71. The van der Waals surface area contributed by atoms with Gasteiger partial charge in [0.2, 0.25) is 0 Å². The maximum absolute atomic E-state index is 6.05. The fourth-order valence-electron chi connectivity index (χ4n) is 2.21. The van der Waals surface area contributed by atoms with Crippen molar-refractivity contribution in [3.63, 3.8) is 0 Å². The summed E-state index contributed by atoms with van der Waals surface area (Å²) >= 11 is 11.8. The maximum Gasteiger partial charge on any atom is 0.171 e. The van der Waals surface area contributed by atoms with Gasteiger partial charge in [0.05, 0.1) is 12.4 Å². The second kappa shape index (κ2) is 7.13. The van der Waals surface area contributed by atoms with Crippen molar-refractivity contribution in [2.45, 2.75) is 18.9 Å². The molecule has 3 rings (SSSR count). The molecule has 1 saturated heterocycles. The van der Waals surface area contributed by atoms with Crippen LogP contribution in [0.1, 0.15) is 12.8 Å². The number of rotatable bonds is 5. The van der Waals surface area contributed by atoms with Crippen LogP contribution in [-0.4, -0.2) is 29.2 Å². The Kier molecular flexibility index (Phi) is 4.97. The number of aromatic nitrogens is 2. The lowest BCUT2D eigenvalue weighted by Gasteiger charge is -2.13. The summed E-state index contributed by atoms with van der Waals surface area (Å²) in [5.41, 5.74) is 0. The summed E-state index contributed by atoms with van der Waals surface area (Å²) in [7, 11) is 0. The van der Waals surface area contributed by atoms with Crippen LogP contribution in [0.25, 0.3) is 0 Å². The smallest absolute Gasteiger partial charge is 0.171 e. The molecule has 116 valence electrons. The third kappa shape index (κ3) is 4.00. The van der Waals surface area contributed by atoms with E-state index in [1.165, 1.54) is 12.6 Å². The second-order valence-electron chi connectivity index (χ2n) is 4.98. The number of nitrogens with one attached hydrogen (secondary N) is 1. The average molecular weight is 340 g/mol. The first-order chi connectivity index (χ1) is 10.7. The van der Waals surface area contributed by atoms with E-state index in [2.05, 4.69) is 15.3 Å². The number of hydrogen-bond acceptors (Lipinski definition) is 5. The van der Waals surface area contributed by atoms with E-state index < -0.39 is 0 Å². The van der Waals surface area contributed by atoms with Gasteiger partial charge in [0.15, 0.2) is 10.9 Å². The Hall–Kier alpha value is -1.56. The Morgan fingerprint density at radius 3 is 2.77 bits per heavy atom. The fourth-order valence-corrected chi connectivity index (χ4v) is 2.46. The Morgan fingerprint density at radius 1 is 1.18 bits per heavy atom. The molecule has 7 heteroatoms. The summed E-state index contributed by atoms with van der Waals surface area (Å²) in [6.07, 6.45) is 5.42. The molecule has 1 aliphatic rings. The molecule has 0 spiro atoms. The Labute approximate surface area is 138 Å². The zero-order valence-electron chi connectivity index (χ0n) is 11.8. The molecule has 0 unspecified atom stereocenters. The first kappa shape index (κ1) is 15.3. The van der Waals surface area contributed by atoms with Crippen LogP contribution in [0.4, 0.5) is 0 Å². The van der Waals surface area contributed by atoms with Crippen LogP contribution in [0.15, 0.2) is 30.6 Å². The molecule has 1 N–H and O–H groups in total. The van der Waals surface area contributed by atoms with Crippen LogP contribution in [0, 0.1) is 0 Å². The quantitative estimate of drug-likeness (QED) is 0.841. The minimum Gasteiger partial charge on any atom is -0.490 e. The van der Waals surface area contributed by atoms with Crippen molar-refractivity contribution in [3.8, 4) is 17.2 Å². The molecule has 0 aliphatic carbocycles. The minimum absolute atomic E-state index is 0.265. The zero-order valence-corrected chi connectivity index (χ0v) is 13.3. The van der Waals surface area contributed by atoms with Crippen molar-refractivity contribution >= 4 is 23.2 Å². The number of ether oxygens (including phenoxy) is 2. The van der Waals surface area contributed by atoms with Gasteiger partial charge in [0, 0.05) is 12.1 Å². The standard InChI is InChI=1S/C15H15Cl2N3O2/c16-14-4-3-11(7-19-14)22-13-6-12(8-20-15(13)17)21-9-10-2-1-5-18-10/h3-4,6-8,10,18H,1-2,5,9H2/t10-/m0/s1. The van der Waals surface area contributed by atoms with Crippen LogP contribution in [-0.2, 0) is 0 Å². The lowest BCUT2D eigenvalue weighted by atomic mass is 10.2.